The molecule has 1 saturated heterocycles. The van der Waals surface area contributed by atoms with Crippen LogP contribution < -0.4 is 15.0 Å². The van der Waals surface area contributed by atoms with Gasteiger partial charge < -0.3 is 15.0 Å². The predicted molar refractivity (Wildman–Crippen MR) is 103 cm³/mol. The normalized spacial score (nSPS) is 16.7. The van der Waals surface area contributed by atoms with Crippen molar-refractivity contribution in [3.05, 3.63) is 54.6 Å². The summed E-state index contributed by atoms with van der Waals surface area (Å²) in [7, 11) is 1.71. The predicted octanol–water partition coefficient (Wildman–Crippen LogP) is 3.43. The van der Waals surface area contributed by atoms with Crippen LogP contribution in [-0.2, 0) is 4.79 Å². The van der Waals surface area contributed by atoms with Crippen molar-refractivity contribution in [1.29, 1.82) is 0 Å². The van der Waals surface area contributed by atoms with Crippen LogP contribution in [0.25, 0.3) is 0 Å². The average molecular weight is 356 g/mol. The fourth-order valence-electron chi connectivity index (χ4n) is 3.08. The third kappa shape index (κ3) is 4.92. The summed E-state index contributed by atoms with van der Waals surface area (Å²) >= 11 is 1.57. The number of carbonyl (C=O) groups is 1. The first-order valence-electron chi connectivity index (χ1n) is 8.59. The van der Waals surface area contributed by atoms with Crippen molar-refractivity contribution in [2.45, 2.75) is 11.3 Å². The molecular weight excluding hydrogens is 332 g/mol. The summed E-state index contributed by atoms with van der Waals surface area (Å²) in [5.74, 6) is 1.96. The Labute approximate surface area is 153 Å². The summed E-state index contributed by atoms with van der Waals surface area (Å²) in [5, 5.41) is 3.08. The molecule has 0 aromatic heterocycles. The van der Waals surface area contributed by atoms with Crippen molar-refractivity contribution in [3.8, 4) is 5.75 Å². The van der Waals surface area contributed by atoms with Crippen LogP contribution >= 0.6 is 11.8 Å². The molecule has 1 heterocycles. The van der Waals surface area contributed by atoms with Crippen LogP contribution in [0.2, 0.25) is 0 Å². The minimum Gasteiger partial charge on any atom is -0.495 e. The van der Waals surface area contributed by atoms with Gasteiger partial charge in [0, 0.05) is 24.5 Å². The Bertz CT molecular complexity index is 693. The first kappa shape index (κ1) is 17.7. The minimum atomic E-state index is 0.101. The van der Waals surface area contributed by atoms with E-state index in [1.165, 1.54) is 0 Å². The summed E-state index contributed by atoms with van der Waals surface area (Å²) in [6.07, 6.45) is 1.09. The van der Waals surface area contributed by atoms with Gasteiger partial charge in [0.25, 0.3) is 0 Å². The zero-order chi connectivity index (χ0) is 17.5. The van der Waals surface area contributed by atoms with Crippen molar-refractivity contribution >= 4 is 23.4 Å². The molecule has 0 unspecified atom stereocenters. The second kappa shape index (κ2) is 8.81. The summed E-state index contributed by atoms with van der Waals surface area (Å²) in [6.45, 7) is 2.69. The van der Waals surface area contributed by atoms with Gasteiger partial charge in [-0.15, -0.1) is 11.8 Å². The third-order valence-electron chi connectivity index (χ3n) is 4.41. The molecule has 0 radical (unpaired) electrons. The number of nitrogens with zero attached hydrogens (tertiary/aromatic N) is 1. The number of para-hydroxylation sites is 2. The molecule has 1 N–H and O–H groups in total. The lowest BCUT2D eigenvalue weighted by molar-refractivity contribution is -0.118. The van der Waals surface area contributed by atoms with Crippen LogP contribution in [0.4, 0.5) is 5.69 Å². The molecule has 1 fully saturated rings. The van der Waals surface area contributed by atoms with E-state index < -0.39 is 0 Å². The first-order chi connectivity index (χ1) is 12.3. The van der Waals surface area contributed by atoms with E-state index in [4.69, 9.17) is 4.74 Å². The van der Waals surface area contributed by atoms with E-state index in [-0.39, 0.29) is 5.91 Å². The number of thioether (sulfide) groups is 1. The van der Waals surface area contributed by atoms with Crippen molar-refractivity contribution < 1.29 is 9.53 Å². The van der Waals surface area contributed by atoms with Crippen molar-refractivity contribution in [1.82, 2.24) is 5.32 Å². The molecule has 1 aliphatic heterocycles. The maximum absolute atomic E-state index is 12.1. The van der Waals surface area contributed by atoms with Gasteiger partial charge >= 0.3 is 0 Å². The lowest BCUT2D eigenvalue weighted by atomic mass is 10.1. The van der Waals surface area contributed by atoms with Gasteiger partial charge in [-0.1, -0.05) is 30.3 Å². The number of ether oxygens (including phenoxy) is 1. The fraction of sp³-hybridized carbons (Fsp3) is 0.350. The quantitative estimate of drug-likeness (QED) is 0.772. The number of carbonyl (C=O) groups excluding carboxylic acids is 1. The Hall–Kier alpha value is -2.14. The molecular formula is C20H24N2O2S. The molecule has 25 heavy (non-hydrogen) atoms. The van der Waals surface area contributed by atoms with Crippen molar-refractivity contribution in [2.75, 3.05) is 37.4 Å². The Morgan fingerprint density at radius 1 is 1.20 bits per heavy atom. The molecule has 0 saturated carbocycles. The lowest BCUT2D eigenvalue weighted by Gasteiger charge is -2.21. The average Bonchev–Trinajstić information content (AvgIpc) is 3.14. The Balaban J connectivity index is 1.43. The van der Waals surface area contributed by atoms with Crippen LogP contribution in [0, 0.1) is 5.92 Å². The monoisotopic (exact) mass is 356 g/mol. The Morgan fingerprint density at radius 2 is 1.96 bits per heavy atom. The fourth-order valence-corrected chi connectivity index (χ4v) is 3.83. The SMILES string of the molecule is COc1ccccc1N1CC[C@@H](CNC(=O)CSc2ccccc2)C1. The molecule has 0 aliphatic carbocycles. The number of hydrogen-bond acceptors (Lipinski definition) is 4. The number of rotatable bonds is 7. The van der Waals surface area contributed by atoms with Gasteiger partial charge in [0.2, 0.25) is 5.91 Å². The summed E-state index contributed by atoms with van der Waals surface area (Å²) in [4.78, 5) is 15.5. The van der Waals surface area contributed by atoms with Crippen LogP contribution in [-0.4, -0.2) is 38.4 Å². The third-order valence-corrected chi connectivity index (χ3v) is 5.42. The van der Waals surface area contributed by atoms with Crippen LogP contribution in [0.15, 0.2) is 59.5 Å². The first-order valence-corrected chi connectivity index (χ1v) is 9.57. The topological polar surface area (TPSA) is 41.6 Å². The molecule has 1 amide bonds. The highest BCUT2D eigenvalue weighted by Crippen LogP contribution is 2.31. The molecule has 5 heteroatoms. The van der Waals surface area contributed by atoms with E-state index in [2.05, 4.69) is 16.3 Å². The van der Waals surface area contributed by atoms with E-state index in [1.54, 1.807) is 18.9 Å². The van der Waals surface area contributed by atoms with E-state index >= 15 is 0 Å². The van der Waals surface area contributed by atoms with Gasteiger partial charge in [-0.3, -0.25) is 4.79 Å². The van der Waals surface area contributed by atoms with E-state index in [9.17, 15) is 4.79 Å². The molecule has 0 spiro atoms. The van der Waals surface area contributed by atoms with Crippen LogP contribution in [0.3, 0.4) is 0 Å². The van der Waals surface area contributed by atoms with Gasteiger partial charge in [0.15, 0.2) is 0 Å². The van der Waals surface area contributed by atoms with E-state index in [0.29, 0.717) is 11.7 Å². The maximum atomic E-state index is 12.1. The number of anilines is 1. The molecule has 1 atom stereocenters. The van der Waals surface area contributed by atoms with Gasteiger partial charge in [-0.2, -0.15) is 0 Å². The molecule has 132 valence electrons. The zero-order valence-electron chi connectivity index (χ0n) is 14.5. The smallest absolute Gasteiger partial charge is 0.230 e. The minimum absolute atomic E-state index is 0.101. The van der Waals surface area contributed by atoms with Crippen molar-refractivity contribution in [3.63, 3.8) is 0 Å². The maximum Gasteiger partial charge on any atom is 0.230 e. The Morgan fingerprint density at radius 3 is 2.76 bits per heavy atom. The molecule has 4 nitrogen and oxygen atoms in total. The number of nitrogens with one attached hydrogen (secondary N) is 1. The van der Waals surface area contributed by atoms with Gasteiger partial charge in [-0.25, -0.2) is 0 Å². The summed E-state index contributed by atoms with van der Waals surface area (Å²) in [5.41, 5.74) is 1.14. The molecule has 2 aromatic rings. The second-order valence-corrected chi connectivity index (χ2v) is 7.23. The largest absolute Gasteiger partial charge is 0.495 e. The molecule has 1 aliphatic rings. The summed E-state index contributed by atoms with van der Waals surface area (Å²) in [6, 6.07) is 18.1. The van der Waals surface area contributed by atoms with Gasteiger partial charge in [0.1, 0.15) is 5.75 Å². The number of benzene rings is 2. The van der Waals surface area contributed by atoms with E-state index in [0.717, 1.165) is 42.4 Å². The standard InChI is InChI=1S/C20H24N2O2S/c1-24-19-10-6-5-9-18(19)22-12-11-16(14-22)13-21-20(23)15-25-17-7-3-2-4-8-17/h2-10,16H,11-15H2,1H3,(H,21,23)/t16-/m0/s1. The number of hydrogen-bond donors (Lipinski definition) is 1. The van der Waals surface area contributed by atoms with E-state index in [1.807, 2.05) is 48.5 Å². The second-order valence-electron chi connectivity index (χ2n) is 6.18. The van der Waals surface area contributed by atoms with Crippen molar-refractivity contribution in [2.24, 2.45) is 5.92 Å². The highest BCUT2D eigenvalue weighted by molar-refractivity contribution is 8.00. The Kier molecular flexibility index (Phi) is 6.23. The van der Waals surface area contributed by atoms with Crippen LogP contribution in [0.1, 0.15) is 6.42 Å². The zero-order valence-corrected chi connectivity index (χ0v) is 15.3. The molecule has 3 rings (SSSR count). The number of methoxy groups -OCH3 is 1. The molecule has 2 aromatic carbocycles. The highest BCUT2D eigenvalue weighted by Gasteiger charge is 2.24. The molecule has 0 bridgehead atoms. The number of amides is 1. The lowest BCUT2D eigenvalue weighted by Crippen LogP contribution is -2.32. The van der Waals surface area contributed by atoms with Gasteiger partial charge in [-0.05, 0) is 36.6 Å². The van der Waals surface area contributed by atoms with Crippen LogP contribution in [0.5, 0.6) is 5.75 Å². The summed E-state index contributed by atoms with van der Waals surface area (Å²) < 4.78 is 5.45. The highest BCUT2D eigenvalue weighted by atomic mass is 32.2. The van der Waals surface area contributed by atoms with Gasteiger partial charge in [0.05, 0.1) is 18.6 Å².